The van der Waals surface area contributed by atoms with Gasteiger partial charge in [0.2, 0.25) is 0 Å². The van der Waals surface area contributed by atoms with Crippen molar-refractivity contribution in [2.24, 2.45) is 11.5 Å². The highest BCUT2D eigenvalue weighted by atomic mass is 16.5. The van der Waals surface area contributed by atoms with Crippen molar-refractivity contribution in [1.82, 2.24) is 0 Å². The molecule has 0 aliphatic heterocycles. The lowest BCUT2D eigenvalue weighted by atomic mass is 10.1. The van der Waals surface area contributed by atoms with Crippen molar-refractivity contribution in [3.63, 3.8) is 0 Å². The Labute approximate surface area is 147 Å². The highest BCUT2D eigenvalue weighted by molar-refractivity contribution is 6.07. The van der Waals surface area contributed by atoms with E-state index in [1.807, 2.05) is 24.3 Å². The first-order valence-corrected chi connectivity index (χ1v) is 7.78. The van der Waals surface area contributed by atoms with Gasteiger partial charge < -0.3 is 27.0 Å². The summed E-state index contributed by atoms with van der Waals surface area (Å²) in [4.78, 5) is 0. The zero-order chi connectivity index (χ0) is 18.4. The first-order valence-electron chi connectivity index (χ1n) is 7.78. The molecule has 0 aromatic heterocycles. The summed E-state index contributed by atoms with van der Waals surface area (Å²) < 4.78 is 5.79. The second kappa shape index (κ2) is 7.97. The lowest BCUT2D eigenvalue weighted by molar-refractivity contribution is 0.482. The van der Waals surface area contributed by atoms with E-state index in [0.717, 1.165) is 11.1 Å². The normalized spacial score (nSPS) is 11.9. The van der Waals surface area contributed by atoms with Crippen LogP contribution in [0.4, 0.5) is 0 Å². The second-order valence-corrected chi connectivity index (χ2v) is 5.75. The van der Waals surface area contributed by atoms with Gasteiger partial charge in [0.1, 0.15) is 11.5 Å². The van der Waals surface area contributed by atoms with E-state index in [0.29, 0.717) is 34.3 Å². The first-order chi connectivity index (χ1) is 11.8. The smallest absolute Gasteiger partial charge is 0.127 e. The Morgan fingerprint density at radius 1 is 0.720 bits per heavy atom. The lowest BCUT2D eigenvalue weighted by Gasteiger charge is -2.08. The van der Waals surface area contributed by atoms with Crippen LogP contribution in [-0.4, -0.2) is 11.4 Å². The van der Waals surface area contributed by atoms with Gasteiger partial charge in [0.25, 0.3) is 0 Å². The number of hydrogen-bond donors (Lipinski definition) is 4. The number of ether oxygens (including phenoxy) is 1. The molecule has 2 rings (SSSR count). The van der Waals surface area contributed by atoms with Gasteiger partial charge in [0.05, 0.1) is 11.4 Å². The van der Waals surface area contributed by atoms with E-state index < -0.39 is 0 Å². The minimum atomic E-state index is 0.359. The fourth-order valence-electron chi connectivity index (χ4n) is 2.16. The van der Waals surface area contributed by atoms with Gasteiger partial charge in [-0.05, 0) is 85.7 Å². The van der Waals surface area contributed by atoms with Gasteiger partial charge in [0, 0.05) is 11.4 Å². The molecule has 0 heterocycles. The number of benzene rings is 2. The molecule has 5 nitrogen and oxygen atoms in total. The van der Waals surface area contributed by atoms with Gasteiger partial charge in [-0.2, -0.15) is 0 Å². The molecule has 6 N–H and O–H groups in total. The Bertz CT molecular complexity index is 752. The van der Waals surface area contributed by atoms with Crippen LogP contribution in [0.2, 0.25) is 0 Å². The number of nitrogens with two attached hydrogens (primary N) is 2. The zero-order valence-corrected chi connectivity index (χ0v) is 14.3. The molecule has 2 aromatic rings. The predicted octanol–water partition coefficient (Wildman–Crippen LogP) is 3.94. The van der Waals surface area contributed by atoms with Crippen LogP contribution in [0, 0.1) is 10.8 Å². The Balaban J connectivity index is 2.07. The molecule has 0 atom stereocenters. The topological polar surface area (TPSA) is 109 Å². The van der Waals surface area contributed by atoms with Gasteiger partial charge in [-0.3, -0.25) is 0 Å². The Hall–Kier alpha value is -3.34. The van der Waals surface area contributed by atoms with Crippen molar-refractivity contribution < 1.29 is 4.74 Å². The molecule has 0 aliphatic carbocycles. The van der Waals surface area contributed by atoms with Crippen molar-refractivity contribution in [1.29, 1.82) is 10.8 Å². The van der Waals surface area contributed by atoms with Crippen LogP contribution in [-0.2, 0) is 0 Å². The Morgan fingerprint density at radius 3 is 1.32 bits per heavy atom. The summed E-state index contributed by atoms with van der Waals surface area (Å²) in [6.07, 6.45) is 3.22. The monoisotopic (exact) mass is 334 g/mol. The summed E-state index contributed by atoms with van der Waals surface area (Å²) in [6, 6.07) is 14.5. The number of allylic oxidation sites excluding steroid dienone is 4. The van der Waals surface area contributed by atoms with Crippen LogP contribution >= 0.6 is 0 Å². The number of rotatable bonds is 6. The SMILES string of the molecule is C/C(N)=C/C(=N)c1ccc(Oc2ccc(C(=N)/C=C(/C)N)cc2)cc1. The summed E-state index contributed by atoms with van der Waals surface area (Å²) in [7, 11) is 0. The highest BCUT2D eigenvalue weighted by Gasteiger charge is 2.03. The first kappa shape index (κ1) is 18.0. The fraction of sp³-hybridized carbons (Fsp3) is 0.100. The largest absolute Gasteiger partial charge is 0.457 e. The van der Waals surface area contributed by atoms with Gasteiger partial charge in [0.15, 0.2) is 0 Å². The maximum atomic E-state index is 7.93. The van der Waals surface area contributed by atoms with E-state index >= 15 is 0 Å². The van der Waals surface area contributed by atoms with Gasteiger partial charge in [-0.15, -0.1) is 0 Å². The van der Waals surface area contributed by atoms with Gasteiger partial charge >= 0.3 is 0 Å². The summed E-state index contributed by atoms with van der Waals surface area (Å²) >= 11 is 0. The molecule has 0 saturated carbocycles. The van der Waals surface area contributed by atoms with E-state index in [1.54, 1.807) is 50.3 Å². The van der Waals surface area contributed by atoms with E-state index in [9.17, 15) is 0 Å². The van der Waals surface area contributed by atoms with E-state index in [4.69, 9.17) is 27.0 Å². The zero-order valence-electron chi connectivity index (χ0n) is 14.3. The highest BCUT2D eigenvalue weighted by Crippen LogP contribution is 2.22. The van der Waals surface area contributed by atoms with E-state index in [2.05, 4.69) is 0 Å². The molecule has 0 radical (unpaired) electrons. The molecule has 0 unspecified atom stereocenters. The molecule has 0 amide bonds. The average Bonchev–Trinajstić information content (AvgIpc) is 2.55. The average molecular weight is 334 g/mol. The number of nitrogens with one attached hydrogen (secondary N) is 2. The molecule has 0 bridgehead atoms. The van der Waals surface area contributed by atoms with Crippen LogP contribution in [0.15, 0.2) is 72.1 Å². The predicted molar refractivity (Wildman–Crippen MR) is 103 cm³/mol. The summed E-state index contributed by atoms with van der Waals surface area (Å²) in [5.74, 6) is 1.34. The summed E-state index contributed by atoms with van der Waals surface area (Å²) in [5, 5.41) is 15.9. The van der Waals surface area contributed by atoms with Crippen molar-refractivity contribution in [3.05, 3.63) is 83.2 Å². The molecule has 5 heteroatoms. The standard InChI is InChI=1S/C20H22N4O/c1-13(21)11-19(23)15-3-7-17(8-4-15)25-18-9-5-16(6-10-18)20(24)12-14(2)22/h3-12,23-24H,21-22H2,1-2H3/b13-11-,14-12-,23-19?,24-20?. The Kier molecular flexibility index (Phi) is 5.74. The third kappa shape index (κ3) is 5.35. The second-order valence-electron chi connectivity index (χ2n) is 5.75. The van der Waals surface area contributed by atoms with Crippen molar-refractivity contribution in [2.75, 3.05) is 0 Å². The van der Waals surface area contributed by atoms with Crippen LogP contribution in [0.25, 0.3) is 0 Å². The molecule has 128 valence electrons. The van der Waals surface area contributed by atoms with E-state index in [1.165, 1.54) is 0 Å². The summed E-state index contributed by atoms with van der Waals surface area (Å²) in [6.45, 7) is 3.50. The van der Waals surface area contributed by atoms with Gasteiger partial charge in [-0.1, -0.05) is 0 Å². The lowest BCUT2D eigenvalue weighted by Crippen LogP contribution is -2.00. The molecule has 0 saturated heterocycles. The quantitative estimate of drug-likeness (QED) is 0.601. The van der Waals surface area contributed by atoms with Crippen LogP contribution in [0.5, 0.6) is 11.5 Å². The van der Waals surface area contributed by atoms with Crippen molar-refractivity contribution in [2.45, 2.75) is 13.8 Å². The Morgan fingerprint density at radius 2 is 1.04 bits per heavy atom. The maximum Gasteiger partial charge on any atom is 0.127 e. The molecule has 2 aromatic carbocycles. The molecular weight excluding hydrogens is 312 g/mol. The van der Waals surface area contributed by atoms with Crippen molar-refractivity contribution >= 4 is 11.4 Å². The molecule has 0 aliphatic rings. The van der Waals surface area contributed by atoms with Crippen molar-refractivity contribution in [3.8, 4) is 11.5 Å². The maximum absolute atomic E-state index is 7.93. The third-order valence-electron chi connectivity index (χ3n) is 3.31. The molecule has 25 heavy (non-hydrogen) atoms. The molecular formula is C20H22N4O. The fourth-order valence-corrected chi connectivity index (χ4v) is 2.16. The van der Waals surface area contributed by atoms with Crippen LogP contribution in [0.1, 0.15) is 25.0 Å². The molecule has 0 spiro atoms. The van der Waals surface area contributed by atoms with Crippen LogP contribution < -0.4 is 16.2 Å². The van der Waals surface area contributed by atoms with Crippen LogP contribution in [0.3, 0.4) is 0 Å². The number of hydrogen-bond acceptors (Lipinski definition) is 5. The van der Waals surface area contributed by atoms with E-state index in [-0.39, 0.29) is 0 Å². The summed E-state index contributed by atoms with van der Waals surface area (Å²) in [5.41, 5.74) is 14.6. The molecule has 0 fully saturated rings. The van der Waals surface area contributed by atoms with Gasteiger partial charge in [-0.25, -0.2) is 0 Å². The third-order valence-corrected chi connectivity index (χ3v) is 3.31. The minimum Gasteiger partial charge on any atom is -0.457 e. The minimum absolute atomic E-state index is 0.359.